The highest BCUT2D eigenvalue weighted by Gasteiger charge is 2.28. The van der Waals surface area contributed by atoms with Crippen LogP contribution in [0, 0.1) is 11.6 Å². The van der Waals surface area contributed by atoms with Crippen LogP contribution >= 0.6 is 23.2 Å². The minimum absolute atomic E-state index is 0.0471. The standard InChI is InChI=1S/C27H23Cl2F2NO5/c1-35-23-13-21(31)20(30)12-17(23)16-9-8-14(15-5-4-10-37-25(15)16)11-22(27(34)36-2)32-26(33)24-18(28)6-3-7-19(24)29/h3,6-9,12-13,22H,4-5,10-11H2,1-2H3,(H,32,33)/t22-/m0/s1. The molecule has 10 heteroatoms. The number of halogens is 4. The monoisotopic (exact) mass is 549 g/mol. The summed E-state index contributed by atoms with van der Waals surface area (Å²) in [5.41, 5.74) is 2.41. The third kappa shape index (κ3) is 5.50. The van der Waals surface area contributed by atoms with Gasteiger partial charge in [0.05, 0.1) is 36.4 Å². The fourth-order valence-electron chi connectivity index (χ4n) is 4.34. The summed E-state index contributed by atoms with van der Waals surface area (Å²) >= 11 is 12.3. The average molecular weight is 550 g/mol. The Labute approximate surface area is 222 Å². The van der Waals surface area contributed by atoms with Crippen molar-refractivity contribution < 1.29 is 32.6 Å². The fraction of sp³-hybridized carbons (Fsp3) is 0.259. The summed E-state index contributed by atoms with van der Waals surface area (Å²) in [5.74, 6) is -2.69. The predicted molar refractivity (Wildman–Crippen MR) is 136 cm³/mol. The fourth-order valence-corrected chi connectivity index (χ4v) is 4.91. The van der Waals surface area contributed by atoms with Crippen LogP contribution in [-0.2, 0) is 22.4 Å². The zero-order valence-electron chi connectivity index (χ0n) is 20.0. The van der Waals surface area contributed by atoms with Crippen LogP contribution in [0.3, 0.4) is 0 Å². The molecule has 194 valence electrons. The van der Waals surface area contributed by atoms with Gasteiger partial charge in [0.1, 0.15) is 17.5 Å². The van der Waals surface area contributed by atoms with Crippen LogP contribution in [0.1, 0.15) is 27.9 Å². The maximum absolute atomic E-state index is 14.1. The molecule has 1 aliphatic heterocycles. The molecule has 1 amide bonds. The summed E-state index contributed by atoms with van der Waals surface area (Å²) in [6.45, 7) is 0.428. The molecule has 0 bridgehead atoms. The molecule has 0 saturated carbocycles. The first kappa shape index (κ1) is 26.7. The molecule has 0 aliphatic carbocycles. The summed E-state index contributed by atoms with van der Waals surface area (Å²) in [5, 5.41) is 2.95. The molecule has 0 aromatic heterocycles. The van der Waals surface area contributed by atoms with Crippen molar-refractivity contribution in [3.8, 4) is 22.6 Å². The minimum atomic E-state index is -1.06. The molecular formula is C27H23Cl2F2NO5. The number of amides is 1. The van der Waals surface area contributed by atoms with Crippen molar-refractivity contribution >= 4 is 35.1 Å². The van der Waals surface area contributed by atoms with Gasteiger partial charge in [-0.1, -0.05) is 41.4 Å². The van der Waals surface area contributed by atoms with Crippen molar-refractivity contribution in [3.05, 3.63) is 80.8 Å². The van der Waals surface area contributed by atoms with Gasteiger partial charge in [-0.15, -0.1) is 0 Å². The minimum Gasteiger partial charge on any atom is -0.496 e. The molecule has 3 aromatic rings. The first-order valence-electron chi connectivity index (χ1n) is 11.4. The Bertz CT molecular complexity index is 1340. The molecule has 0 saturated heterocycles. The lowest BCUT2D eigenvalue weighted by atomic mass is 9.90. The van der Waals surface area contributed by atoms with Gasteiger partial charge in [0.15, 0.2) is 11.6 Å². The van der Waals surface area contributed by atoms with Gasteiger partial charge in [0, 0.05) is 23.6 Å². The van der Waals surface area contributed by atoms with Gasteiger partial charge in [0.25, 0.3) is 5.91 Å². The summed E-state index contributed by atoms with van der Waals surface area (Å²) < 4.78 is 44.1. The van der Waals surface area contributed by atoms with Gasteiger partial charge in [-0.2, -0.15) is 0 Å². The van der Waals surface area contributed by atoms with E-state index in [4.69, 9.17) is 37.4 Å². The molecule has 0 fully saturated rings. The van der Waals surface area contributed by atoms with Crippen LogP contribution in [0.4, 0.5) is 8.78 Å². The van der Waals surface area contributed by atoms with E-state index in [1.54, 1.807) is 18.2 Å². The SMILES string of the molecule is COC(=O)[C@H](Cc1ccc(-c2cc(F)c(F)cc2OC)c2c1CCCO2)NC(=O)c1c(Cl)cccc1Cl. The van der Waals surface area contributed by atoms with Crippen LogP contribution in [0.2, 0.25) is 10.0 Å². The Morgan fingerprint density at radius 2 is 1.76 bits per heavy atom. The molecule has 0 radical (unpaired) electrons. The van der Waals surface area contributed by atoms with Gasteiger partial charge in [-0.3, -0.25) is 4.79 Å². The van der Waals surface area contributed by atoms with Crippen LogP contribution in [0.15, 0.2) is 42.5 Å². The van der Waals surface area contributed by atoms with E-state index in [1.165, 1.54) is 26.4 Å². The number of benzene rings is 3. The van der Waals surface area contributed by atoms with E-state index in [-0.39, 0.29) is 27.8 Å². The Kier molecular flexibility index (Phi) is 8.19. The lowest BCUT2D eigenvalue weighted by molar-refractivity contribution is -0.142. The highest BCUT2D eigenvalue weighted by atomic mass is 35.5. The molecular weight excluding hydrogens is 527 g/mol. The van der Waals surface area contributed by atoms with Crippen molar-refractivity contribution in [1.29, 1.82) is 0 Å². The van der Waals surface area contributed by atoms with Crippen LogP contribution in [0.5, 0.6) is 11.5 Å². The second-order valence-electron chi connectivity index (χ2n) is 8.35. The average Bonchev–Trinajstić information content (AvgIpc) is 2.89. The lowest BCUT2D eigenvalue weighted by Gasteiger charge is -2.26. The molecule has 1 heterocycles. The number of rotatable bonds is 7. The van der Waals surface area contributed by atoms with Crippen LogP contribution in [0.25, 0.3) is 11.1 Å². The largest absolute Gasteiger partial charge is 0.496 e. The molecule has 0 unspecified atom stereocenters. The quantitative estimate of drug-likeness (QED) is 0.378. The zero-order chi connectivity index (χ0) is 26.7. The number of fused-ring (bicyclic) bond motifs is 1. The Hall–Kier alpha value is -3.36. The number of hydrogen-bond donors (Lipinski definition) is 1. The smallest absolute Gasteiger partial charge is 0.328 e. The number of ether oxygens (including phenoxy) is 3. The van der Waals surface area contributed by atoms with E-state index >= 15 is 0 Å². The van der Waals surface area contributed by atoms with Crippen LogP contribution < -0.4 is 14.8 Å². The molecule has 1 atom stereocenters. The Morgan fingerprint density at radius 3 is 2.43 bits per heavy atom. The second kappa shape index (κ2) is 11.4. The molecule has 37 heavy (non-hydrogen) atoms. The number of carbonyl (C=O) groups is 2. The van der Waals surface area contributed by atoms with E-state index < -0.39 is 29.6 Å². The van der Waals surface area contributed by atoms with E-state index in [2.05, 4.69) is 5.32 Å². The highest BCUT2D eigenvalue weighted by molar-refractivity contribution is 6.39. The summed E-state index contributed by atoms with van der Waals surface area (Å²) in [7, 11) is 2.59. The summed E-state index contributed by atoms with van der Waals surface area (Å²) in [6, 6.07) is 9.09. The normalized spacial score (nSPS) is 13.2. The molecule has 1 aliphatic rings. The topological polar surface area (TPSA) is 73.9 Å². The number of methoxy groups -OCH3 is 2. The van der Waals surface area contributed by atoms with Crippen molar-refractivity contribution in [3.63, 3.8) is 0 Å². The van der Waals surface area contributed by atoms with Gasteiger partial charge in [0.2, 0.25) is 0 Å². The molecule has 6 nitrogen and oxygen atoms in total. The van der Waals surface area contributed by atoms with Crippen molar-refractivity contribution in [2.24, 2.45) is 0 Å². The Morgan fingerprint density at radius 1 is 1.05 bits per heavy atom. The molecule has 1 N–H and O–H groups in total. The highest BCUT2D eigenvalue weighted by Crippen LogP contribution is 2.42. The third-order valence-corrected chi connectivity index (χ3v) is 6.74. The van der Waals surface area contributed by atoms with Gasteiger partial charge >= 0.3 is 5.97 Å². The zero-order valence-corrected chi connectivity index (χ0v) is 21.5. The van der Waals surface area contributed by atoms with E-state index in [0.717, 1.165) is 23.3 Å². The van der Waals surface area contributed by atoms with E-state index in [0.29, 0.717) is 36.3 Å². The summed E-state index contributed by atoms with van der Waals surface area (Å²) in [6.07, 6.45) is 1.41. The third-order valence-electron chi connectivity index (χ3n) is 6.11. The summed E-state index contributed by atoms with van der Waals surface area (Å²) in [4.78, 5) is 25.6. The maximum Gasteiger partial charge on any atom is 0.328 e. The maximum atomic E-state index is 14.1. The first-order chi connectivity index (χ1) is 17.7. The molecule has 0 spiro atoms. The lowest BCUT2D eigenvalue weighted by Crippen LogP contribution is -2.43. The molecule has 3 aromatic carbocycles. The van der Waals surface area contributed by atoms with Crippen molar-refractivity contribution in [1.82, 2.24) is 5.32 Å². The van der Waals surface area contributed by atoms with E-state index in [9.17, 15) is 18.4 Å². The number of hydrogen-bond acceptors (Lipinski definition) is 5. The number of esters is 1. The van der Waals surface area contributed by atoms with Gasteiger partial charge < -0.3 is 19.5 Å². The van der Waals surface area contributed by atoms with Gasteiger partial charge in [-0.25, -0.2) is 13.6 Å². The van der Waals surface area contributed by atoms with Gasteiger partial charge in [-0.05, 0) is 42.2 Å². The van der Waals surface area contributed by atoms with Crippen LogP contribution in [-0.4, -0.2) is 38.7 Å². The first-order valence-corrected chi connectivity index (χ1v) is 12.1. The number of carbonyl (C=O) groups excluding carboxylic acids is 2. The Balaban J connectivity index is 1.72. The molecule has 4 rings (SSSR count). The van der Waals surface area contributed by atoms with Crippen molar-refractivity contribution in [2.45, 2.75) is 25.3 Å². The number of nitrogens with one attached hydrogen (secondary N) is 1. The van der Waals surface area contributed by atoms with Crippen molar-refractivity contribution in [2.75, 3.05) is 20.8 Å². The second-order valence-corrected chi connectivity index (χ2v) is 9.16. The van der Waals surface area contributed by atoms with E-state index in [1.807, 2.05) is 0 Å². The predicted octanol–water partition coefficient (Wildman–Crippen LogP) is 5.79.